The fourth-order valence-electron chi connectivity index (χ4n) is 2.38. The molecule has 1 saturated heterocycles. The minimum absolute atomic E-state index is 0.142. The number of piperidine rings is 1. The molecule has 2 rings (SSSR count). The molecule has 1 aliphatic rings. The van der Waals surface area contributed by atoms with E-state index in [2.05, 4.69) is 15.3 Å². The van der Waals surface area contributed by atoms with Gasteiger partial charge in [0.2, 0.25) is 0 Å². The number of rotatable bonds is 7. The van der Waals surface area contributed by atoms with Gasteiger partial charge in [0.15, 0.2) is 0 Å². The quantitative estimate of drug-likeness (QED) is 0.692. The minimum Gasteiger partial charge on any atom is -0.394 e. The summed E-state index contributed by atoms with van der Waals surface area (Å²) in [4.78, 5) is 2.53. The number of aromatic nitrogens is 2. The number of aliphatic hydroxyl groups excluding tert-OH is 1. The summed E-state index contributed by atoms with van der Waals surface area (Å²) in [5, 5.41) is 16.4. The summed E-state index contributed by atoms with van der Waals surface area (Å²) < 4.78 is 1.78. The fourth-order valence-corrected chi connectivity index (χ4v) is 2.38. The fraction of sp³-hybridized carbons (Fsp3) is 0.769. The SMILES string of the molecule is OCCn1cc(CNCCN2CCCCC2)cn1. The van der Waals surface area contributed by atoms with E-state index >= 15 is 0 Å². The highest BCUT2D eigenvalue weighted by Gasteiger charge is 2.08. The Kier molecular flexibility index (Phi) is 5.64. The predicted octanol–water partition coefficient (Wildman–Crippen LogP) is 0.451. The predicted molar refractivity (Wildman–Crippen MR) is 71.3 cm³/mol. The van der Waals surface area contributed by atoms with E-state index in [1.165, 1.54) is 37.9 Å². The molecular formula is C13H24N4O. The third-order valence-corrected chi connectivity index (χ3v) is 3.40. The Morgan fingerprint density at radius 1 is 1.22 bits per heavy atom. The summed E-state index contributed by atoms with van der Waals surface area (Å²) in [6, 6.07) is 0. The average Bonchev–Trinajstić information content (AvgIpc) is 2.84. The molecule has 1 aromatic heterocycles. The molecule has 0 bridgehead atoms. The second-order valence-corrected chi connectivity index (χ2v) is 4.91. The highest BCUT2D eigenvalue weighted by Crippen LogP contribution is 2.07. The topological polar surface area (TPSA) is 53.3 Å². The van der Waals surface area contributed by atoms with Crippen LogP contribution in [0.1, 0.15) is 24.8 Å². The lowest BCUT2D eigenvalue weighted by Crippen LogP contribution is -2.35. The summed E-state index contributed by atoms with van der Waals surface area (Å²) in [6.07, 6.45) is 7.96. The molecule has 102 valence electrons. The van der Waals surface area contributed by atoms with Gasteiger partial charge >= 0.3 is 0 Å². The van der Waals surface area contributed by atoms with Crippen molar-refractivity contribution in [2.45, 2.75) is 32.4 Å². The maximum atomic E-state index is 8.81. The van der Waals surface area contributed by atoms with Crippen LogP contribution in [0.4, 0.5) is 0 Å². The Balaban J connectivity index is 1.59. The van der Waals surface area contributed by atoms with E-state index in [0.717, 1.165) is 19.6 Å². The van der Waals surface area contributed by atoms with Crippen LogP contribution in [0.5, 0.6) is 0 Å². The summed E-state index contributed by atoms with van der Waals surface area (Å²) >= 11 is 0. The van der Waals surface area contributed by atoms with Crippen molar-refractivity contribution in [1.29, 1.82) is 0 Å². The van der Waals surface area contributed by atoms with E-state index in [9.17, 15) is 0 Å². The molecule has 0 saturated carbocycles. The first-order chi connectivity index (χ1) is 8.88. The molecule has 0 aliphatic carbocycles. The lowest BCUT2D eigenvalue weighted by Gasteiger charge is -2.26. The second kappa shape index (κ2) is 7.51. The molecule has 2 N–H and O–H groups in total. The van der Waals surface area contributed by atoms with Crippen LogP contribution in [-0.4, -0.2) is 52.6 Å². The zero-order valence-corrected chi connectivity index (χ0v) is 11.0. The van der Waals surface area contributed by atoms with Gasteiger partial charge in [0.05, 0.1) is 19.3 Å². The van der Waals surface area contributed by atoms with Gasteiger partial charge < -0.3 is 15.3 Å². The maximum Gasteiger partial charge on any atom is 0.0640 e. The number of hydrogen-bond donors (Lipinski definition) is 2. The molecule has 18 heavy (non-hydrogen) atoms. The van der Waals surface area contributed by atoms with Crippen LogP contribution in [0, 0.1) is 0 Å². The summed E-state index contributed by atoms with van der Waals surface area (Å²) in [5.41, 5.74) is 1.18. The third-order valence-electron chi connectivity index (χ3n) is 3.40. The number of likely N-dealkylation sites (tertiary alicyclic amines) is 1. The van der Waals surface area contributed by atoms with Gasteiger partial charge in [0, 0.05) is 31.4 Å². The Hall–Kier alpha value is -0.910. The Morgan fingerprint density at radius 3 is 2.83 bits per heavy atom. The van der Waals surface area contributed by atoms with Crippen LogP contribution in [0.2, 0.25) is 0 Å². The number of aliphatic hydroxyl groups is 1. The van der Waals surface area contributed by atoms with Gasteiger partial charge in [0.1, 0.15) is 0 Å². The molecule has 0 amide bonds. The van der Waals surface area contributed by atoms with Gasteiger partial charge in [0.25, 0.3) is 0 Å². The lowest BCUT2D eigenvalue weighted by atomic mass is 10.1. The second-order valence-electron chi connectivity index (χ2n) is 4.91. The zero-order valence-electron chi connectivity index (χ0n) is 11.0. The summed E-state index contributed by atoms with van der Waals surface area (Å²) in [7, 11) is 0. The van der Waals surface area contributed by atoms with Gasteiger partial charge in [-0.2, -0.15) is 5.10 Å². The number of nitrogens with zero attached hydrogens (tertiary/aromatic N) is 3. The molecular weight excluding hydrogens is 228 g/mol. The van der Waals surface area contributed by atoms with Gasteiger partial charge in [-0.25, -0.2) is 0 Å². The number of nitrogens with one attached hydrogen (secondary N) is 1. The van der Waals surface area contributed by atoms with E-state index in [-0.39, 0.29) is 6.61 Å². The molecule has 0 radical (unpaired) electrons. The van der Waals surface area contributed by atoms with Crippen LogP contribution in [-0.2, 0) is 13.1 Å². The maximum absolute atomic E-state index is 8.81. The lowest BCUT2D eigenvalue weighted by molar-refractivity contribution is 0.229. The normalized spacial score (nSPS) is 17.2. The molecule has 1 aliphatic heterocycles. The Morgan fingerprint density at radius 2 is 2.06 bits per heavy atom. The van der Waals surface area contributed by atoms with E-state index in [1.54, 1.807) is 4.68 Å². The minimum atomic E-state index is 0.142. The van der Waals surface area contributed by atoms with Crippen LogP contribution in [0.15, 0.2) is 12.4 Å². The molecule has 0 unspecified atom stereocenters. The molecule has 0 spiro atoms. The first-order valence-corrected chi connectivity index (χ1v) is 6.94. The Labute approximate surface area is 109 Å². The van der Waals surface area contributed by atoms with E-state index in [0.29, 0.717) is 6.54 Å². The van der Waals surface area contributed by atoms with Crippen LogP contribution >= 0.6 is 0 Å². The molecule has 1 aromatic rings. The Bertz CT molecular complexity index is 333. The van der Waals surface area contributed by atoms with Crippen LogP contribution < -0.4 is 5.32 Å². The van der Waals surface area contributed by atoms with E-state index in [4.69, 9.17) is 5.11 Å². The van der Waals surface area contributed by atoms with Crippen molar-refractivity contribution in [3.8, 4) is 0 Å². The highest BCUT2D eigenvalue weighted by molar-refractivity contribution is 5.03. The zero-order chi connectivity index (χ0) is 12.6. The van der Waals surface area contributed by atoms with Crippen LogP contribution in [0.25, 0.3) is 0 Å². The van der Waals surface area contributed by atoms with Gasteiger partial charge in [-0.15, -0.1) is 0 Å². The van der Waals surface area contributed by atoms with Gasteiger partial charge in [-0.1, -0.05) is 6.42 Å². The van der Waals surface area contributed by atoms with E-state index < -0.39 is 0 Å². The smallest absolute Gasteiger partial charge is 0.0640 e. The monoisotopic (exact) mass is 252 g/mol. The molecule has 0 atom stereocenters. The summed E-state index contributed by atoms with van der Waals surface area (Å²) in [5.74, 6) is 0. The molecule has 0 aromatic carbocycles. The van der Waals surface area contributed by atoms with E-state index in [1.807, 2.05) is 12.4 Å². The highest BCUT2D eigenvalue weighted by atomic mass is 16.3. The van der Waals surface area contributed by atoms with Crippen molar-refractivity contribution in [2.24, 2.45) is 0 Å². The standard InChI is InChI=1S/C13H24N4O/c18-9-8-17-12-13(11-15-17)10-14-4-7-16-5-2-1-3-6-16/h11-12,14,18H,1-10H2. The van der Waals surface area contributed by atoms with Crippen molar-refractivity contribution in [3.05, 3.63) is 18.0 Å². The van der Waals surface area contributed by atoms with Gasteiger partial charge in [-0.3, -0.25) is 4.68 Å². The average molecular weight is 252 g/mol. The molecule has 1 fully saturated rings. The van der Waals surface area contributed by atoms with Crippen molar-refractivity contribution >= 4 is 0 Å². The molecule has 2 heterocycles. The van der Waals surface area contributed by atoms with Crippen molar-refractivity contribution < 1.29 is 5.11 Å². The van der Waals surface area contributed by atoms with Crippen molar-refractivity contribution in [2.75, 3.05) is 32.8 Å². The van der Waals surface area contributed by atoms with Gasteiger partial charge in [-0.05, 0) is 25.9 Å². The summed E-state index contributed by atoms with van der Waals surface area (Å²) in [6.45, 7) is 6.28. The number of hydrogen-bond acceptors (Lipinski definition) is 4. The largest absolute Gasteiger partial charge is 0.394 e. The molecule has 5 heteroatoms. The van der Waals surface area contributed by atoms with Crippen molar-refractivity contribution in [1.82, 2.24) is 20.0 Å². The first kappa shape index (κ1) is 13.5. The van der Waals surface area contributed by atoms with Crippen LogP contribution in [0.3, 0.4) is 0 Å². The van der Waals surface area contributed by atoms with Crippen molar-refractivity contribution in [3.63, 3.8) is 0 Å². The first-order valence-electron chi connectivity index (χ1n) is 6.94. The third kappa shape index (κ3) is 4.40. The molecule has 5 nitrogen and oxygen atoms in total.